The Labute approximate surface area is 274 Å². The monoisotopic (exact) mass is 663 g/mol. The number of amides is 2. The van der Waals surface area contributed by atoms with E-state index >= 15 is 8.78 Å². The van der Waals surface area contributed by atoms with Crippen molar-refractivity contribution < 1.29 is 23.1 Å². The van der Waals surface area contributed by atoms with Crippen molar-refractivity contribution in [3.05, 3.63) is 69.2 Å². The molecule has 0 aliphatic carbocycles. The average molecular weight is 665 g/mol. The highest BCUT2D eigenvalue weighted by Gasteiger charge is 2.61. The Morgan fingerprint density at radius 2 is 1.87 bits per heavy atom. The van der Waals surface area contributed by atoms with Gasteiger partial charge >= 0.3 is 0 Å². The lowest BCUT2D eigenvalue weighted by Crippen LogP contribution is -2.56. The van der Waals surface area contributed by atoms with Gasteiger partial charge in [-0.25, -0.2) is 8.78 Å². The lowest BCUT2D eigenvalue weighted by atomic mass is 9.62. The summed E-state index contributed by atoms with van der Waals surface area (Å²) in [6, 6.07) is 9.22. The number of halogens is 4. The van der Waals surface area contributed by atoms with Gasteiger partial charge in [-0.3, -0.25) is 14.5 Å². The van der Waals surface area contributed by atoms with Gasteiger partial charge in [-0.15, -0.1) is 0 Å². The fourth-order valence-electron chi connectivity index (χ4n) is 6.79. The van der Waals surface area contributed by atoms with Crippen LogP contribution in [0, 0.1) is 28.4 Å². The summed E-state index contributed by atoms with van der Waals surface area (Å²) in [6.07, 6.45) is 0.723. The summed E-state index contributed by atoms with van der Waals surface area (Å²) in [6.45, 7) is 9.64. The van der Waals surface area contributed by atoms with Crippen molar-refractivity contribution in [1.29, 1.82) is 5.26 Å². The maximum Gasteiger partial charge on any atom is 0.240 e. The Bertz CT molecular complexity index is 1440. The maximum atomic E-state index is 15.9. The van der Waals surface area contributed by atoms with E-state index in [1.54, 1.807) is 18.1 Å². The molecule has 2 aliphatic rings. The van der Waals surface area contributed by atoms with E-state index in [9.17, 15) is 14.9 Å². The summed E-state index contributed by atoms with van der Waals surface area (Å²) in [5, 5.41) is 17.2. The van der Waals surface area contributed by atoms with Gasteiger partial charge in [-0.05, 0) is 35.6 Å². The van der Waals surface area contributed by atoms with Crippen molar-refractivity contribution in [1.82, 2.24) is 20.4 Å². The molecule has 2 saturated heterocycles. The van der Waals surface area contributed by atoms with E-state index < -0.39 is 35.1 Å². The van der Waals surface area contributed by atoms with Gasteiger partial charge in [0.2, 0.25) is 11.8 Å². The Morgan fingerprint density at radius 1 is 1.18 bits per heavy atom. The van der Waals surface area contributed by atoms with Crippen LogP contribution in [0.5, 0.6) is 0 Å². The Hall–Kier alpha value is -2.81. The zero-order valence-corrected chi connectivity index (χ0v) is 27.8. The predicted molar refractivity (Wildman–Crippen MR) is 170 cm³/mol. The number of nitrogens with zero attached hydrogens (tertiary/aromatic N) is 3. The lowest BCUT2D eigenvalue weighted by Gasteiger charge is -2.40. The molecule has 5 atom stereocenters. The number of rotatable bonds is 9. The lowest BCUT2D eigenvalue weighted by molar-refractivity contribution is -0.138. The van der Waals surface area contributed by atoms with Crippen LogP contribution in [0.15, 0.2) is 36.4 Å². The summed E-state index contributed by atoms with van der Waals surface area (Å²) < 4.78 is 37.5. The normalized spacial score (nSPS) is 24.7. The van der Waals surface area contributed by atoms with Crippen LogP contribution in [-0.4, -0.2) is 79.8 Å². The van der Waals surface area contributed by atoms with Crippen LogP contribution in [0.2, 0.25) is 10.0 Å². The Balaban J connectivity index is 1.74. The molecule has 2 N–H and O–H groups in total. The van der Waals surface area contributed by atoms with Gasteiger partial charge in [0.05, 0.1) is 17.1 Å². The molecule has 0 aromatic heterocycles. The number of nitrogens with one attached hydrogen (secondary N) is 2. The first-order valence-electron chi connectivity index (χ1n) is 15.1. The van der Waals surface area contributed by atoms with E-state index in [2.05, 4.69) is 21.6 Å². The first kappa shape index (κ1) is 35.1. The van der Waals surface area contributed by atoms with Crippen LogP contribution in [0.25, 0.3) is 0 Å². The first-order valence-corrected chi connectivity index (χ1v) is 15.9. The number of methoxy groups -OCH3 is 1. The minimum atomic E-state index is -1.68. The second-order valence-electron chi connectivity index (χ2n) is 13.0. The zero-order chi connectivity index (χ0) is 33.1. The van der Waals surface area contributed by atoms with Gasteiger partial charge in [0.1, 0.15) is 23.3 Å². The zero-order valence-electron chi connectivity index (χ0n) is 26.3. The topological polar surface area (TPSA) is 97.7 Å². The second kappa shape index (κ2) is 14.3. The largest absolute Gasteiger partial charge is 0.366 e. The van der Waals surface area contributed by atoms with Crippen LogP contribution in [0.1, 0.15) is 57.6 Å². The fraction of sp³-hybridized carbons (Fsp3) is 0.545. The highest BCUT2D eigenvalue weighted by Crippen LogP contribution is 2.53. The highest BCUT2D eigenvalue weighted by atomic mass is 35.5. The van der Waals surface area contributed by atoms with Crippen molar-refractivity contribution in [2.24, 2.45) is 5.41 Å². The third-order valence-corrected chi connectivity index (χ3v) is 9.31. The molecule has 8 nitrogen and oxygen atoms in total. The van der Waals surface area contributed by atoms with Crippen molar-refractivity contribution in [2.45, 2.75) is 70.2 Å². The van der Waals surface area contributed by atoms with Crippen LogP contribution >= 0.6 is 23.2 Å². The molecule has 0 spiro atoms. The molecular weight excluding hydrogens is 623 g/mol. The summed E-state index contributed by atoms with van der Waals surface area (Å²) >= 11 is 12.4. The quantitative estimate of drug-likeness (QED) is 0.381. The first-order chi connectivity index (χ1) is 21.2. The van der Waals surface area contributed by atoms with Crippen LogP contribution in [0.3, 0.4) is 0 Å². The molecule has 244 valence electrons. The van der Waals surface area contributed by atoms with Crippen molar-refractivity contribution in [2.75, 3.05) is 39.8 Å². The molecule has 1 unspecified atom stereocenters. The van der Waals surface area contributed by atoms with Gasteiger partial charge in [0, 0.05) is 75.7 Å². The molecule has 2 heterocycles. The smallest absolute Gasteiger partial charge is 0.240 e. The van der Waals surface area contributed by atoms with Gasteiger partial charge in [0.15, 0.2) is 0 Å². The van der Waals surface area contributed by atoms with Gasteiger partial charge in [-0.2, -0.15) is 5.26 Å². The van der Waals surface area contributed by atoms with Crippen molar-refractivity contribution in [3.63, 3.8) is 0 Å². The molecule has 0 radical (unpaired) electrons. The maximum absolute atomic E-state index is 15.9. The number of benzene rings is 2. The molecule has 45 heavy (non-hydrogen) atoms. The summed E-state index contributed by atoms with van der Waals surface area (Å²) in [7, 11) is 1.61. The Kier molecular flexibility index (Phi) is 11.1. The number of hydrogen-bond acceptors (Lipinski definition) is 6. The number of hydrogen-bond donors (Lipinski definition) is 2. The summed E-state index contributed by atoms with van der Waals surface area (Å²) in [5.74, 6) is -2.99. The molecule has 0 bridgehead atoms. The van der Waals surface area contributed by atoms with E-state index in [1.165, 1.54) is 31.2 Å². The van der Waals surface area contributed by atoms with E-state index in [-0.39, 0.29) is 44.6 Å². The van der Waals surface area contributed by atoms with Crippen molar-refractivity contribution in [3.8, 4) is 6.07 Å². The van der Waals surface area contributed by atoms with E-state index in [1.807, 2.05) is 20.8 Å². The molecule has 2 aromatic carbocycles. The highest BCUT2D eigenvalue weighted by molar-refractivity contribution is 6.31. The van der Waals surface area contributed by atoms with E-state index in [0.29, 0.717) is 45.6 Å². The van der Waals surface area contributed by atoms with Crippen molar-refractivity contribution >= 4 is 35.0 Å². The average Bonchev–Trinajstić information content (AvgIpc) is 3.29. The SMILES string of the molecule is COC(CCNC(C)=O)N1CCN(C(=O)[C@@H]2N[C@@H](CC(C)(C)C)[C@](C#N)(c3ccc(Cl)cc3F)[C@H]2c2cccc(Cl)c2F)CC1. The third kappa shape index (κ3) is 7.44. The summed E-state index contributed by atoms with van der Waals surface area (Å²) in [4.78, 5) is 29.5. The minimum absolute atomic E-state index is 0.0442. The van der Waals surface area contributed by atoms with Gasteiger partial charge in [-0.1, -0.05) is 62.2 Å². The standard InChI is InChI=1S/C33H41Cl2F2N5O3/c1-20(43)39-12-11-27(45-5)41-13-15-42(16-14-41)31(44)30-28(22-7-6-8-24(35)29(22)37)33(19-38,26(40-30)18-32(2,3)4)23-10-9-21(34)17-25(23)36/h6-10,17,26-28,30,40H,11-16,18H2,1-5H3,(H,39,43)/t26-,27?,28-,30+,33-/m0/s1. The minimum Gasteiger partial charge on any atom is -0.366 e. The number of carbonyl (C=O) groups excluding carboxylic acids is 2. The molecule has 2 aliphatic heterocycles. The van der Waals surface area contributed by atoms with Crippen LogP contribution < -0.4 is 10.6 Å². The van der Waals surface area contributed by atoms with Gasteiger partial charge < -0.3 is 20.3 Å². The fourth-order valence-corrected chi connectivity index (χ4v) is 7.13. The van der Waals surface area contributed by atoms with E-state index in [4.69, 9.17) is 27.9 Å². The number of ether oxygens (including phenoxy) is 1. The van der Waals surface area contributed by atoms with Gasteiger partial charge in [0.25, 0.3) is 0 Å². The number of nitriles is 1. The number of piperazine rings is 1. The number of carbonyl (C=O) groups is 2. The predicted octanol–water partition coefficient (Wildman–Crippen LogP) is 5.24. The van der Waals surface area contributed by atoms with Crippen LogP contribution in [-0.2, 0) is 19.7 Å². The third-order valence-electron chi connectivity index (χ3n) is 8.79. The summed E-state index contributed by atoms with van der Waals surface area (Å²) in [5.41, 5.74) is -1.91. The second-order valence-corrected chi connectivity index (χ2v) is 13.9. The molecule has 2 aromatic rings. The molecule has 2 amide bonds. The Morgan fingerprint density at radius 3 is 2.44 bits per heavy atom. The molecule has 0 saturated carbocycles. The molecular formula is C33H41Cl2F2N5O3. The van der Waals surface area contributed by atoms with E-state index in [0.717, 1.165) is 6.07 Å². The molecule has 4 rings (SSSR count). The van der Waals surface area contributed by atoms with Crippen LogP contribution in [0.4, 0.5) is 8.78 Å². The molecule has 2 fully saturated rings. The molecule has 12 heteroatoms.